The molecule has 0 saturated heterocycles. The highest BCUT2D eigenvalue weighted by atomic mass is 16.3. The van der Waals surface area contributed by atoms with Crippen molar-refractivity contribution in [1.29, 1.82) is 0 Å². The number of rotatable bonds is 4. The molecule has 0 saturated carbocycles. The van der Waals surface area contributed by atoms with E-state index in [-0.39, 0.29) is 6.61 Å². The quantitative estimate of drug-likeness (QED) is 0.630. The van der Waals surface area contributed by atoms with Crippen LogP contribution in [0.1, 0.15) is 27.2 Å². The van der Waals surface area contributed by atoms with Gasteiger partial charge in [0.1, 0.15) is 0 Å². The maximum atomic E-state index is 9.28. The summed E-state index contributed by atoms with van der Waals surface area (Å²) >= 11 is 0. The lowest BCUT2D eigenvalue weighted by Gasteiger charge is -2.09. The zero-order chi connectivity index (χ0) is 9.61. The molecule has 2 N–H and O–H groups in total. The van der Waals surface area contributed by atoms with Crippen molar-refractivity contribution in [3.63, 3.8) is 0 Å². The number of hydrogen-bond donors (Lipinski definition) is 2. The Labute approximate surface area is 74.2 Å². The van der Waals surface area contributed by atoms with E-state index in [2.05, 4.69) is 0 Å². The molecule has 12 heavy (non-hydrogen) atoms. The van der Waals surface area contributed by atoms with Gasteiger partial charge in [-0.3, -0.25) is 0 Å². The van der Waals surface area contributed by atoms with E-state index in [9.17, 15) is 5.11 Å². The number of allylic oxidation sites excluding steroid dienone is 2. The minimum Gasteiger partial charge on any atom is -0.392 e. The lowest BCUT2D eigenvalue weighted by Crippen LogP contribution is -2.13. The standard InChI is InChI=1S/C10H18O2/c1-9(8-11)6-4-5-7-10(2,3)12/h5-7,11-12H,4,8H2,1-3H3. The summed E-state index contributed by atoms with van der Waals surface area (Å²) in [6.45, 7) is 5.44. The molecule has 0 amide bonds. The van der Waals surface area contributed by atoms with Crippen LogP contribution < -0.4 is 0 Å². The zero-order valence-electron chi connectivity index (χ0n) is 8.04. The van der Waals surface area contributed by atoms with E-state index in [1.165, 1.54) is 0 Å². The van der Waals surface area contributed by atoms with Crippen molar-refractivity contribution in [1.82, 2.24) is 0 Å². The molecular formula is C10H18O2. The Morgan fingerprint density at radius 1 is 1.42 bits per heavy atom. The van der Waals surface area contributed by atoms with Crippen molar-refractivity contribution in [3.8, 4) is 0 Å². The third-order valence-electron chi connectivity index (χ3n) is 1.38. The van der Waals surface area contributed by atoms with E-state index in [4.69, 9.17) is 5.11 Å². The molecule has 2 nitrogen and oxygen atoms in total. The van der Waals surface area contributed by atoms with Crippen molar-refractivity contribution in [3.05, 3.63) is 23.8 Å². The van der Waals surface area contributed by atoms with Crippen LogP contribution in [0, 0.1) is 0 Å². The second kappa shape index (κ2) is 5.12. The van der Waals surface area contributed by atoms with Crippen LogP contribution in [0.25, 0.3) is 0 Å². The van der Waals surface area contributed by atoms with E-state index in [1.54, 1.807) is 19.9 Å². The summed E-state index contributed by atoms with van der Waals surface area (Å²) in [5.41, 5.74) is 0.219. The van der Waals surface area contributed by atoms with Gasteiger partial charge in [-0.1, -0.05) is 23.8 Å². The Balaban J connectivity index is 3.77. The lowest BCUT2D eigenvalue weighted by atomic mass is 10.1. The molecule has 0 spiro atoms. The first-order valence-electron chi connectivity index (χ1n) is 4.12. The monoisotopic (exact) mass is 170 g/mol. The molecule has 0 aromatic rings. The highest BCUT2D eigenvalue weighted by Crippen LogP contribution is 2.04. The minimum atomic E-state index is -0.735. The van der Waals surface area contributed by atoms with Gasteiger partial charge in [-0.05, 0) is 27.2 Å². The summed E-state index contributed by atoms with van der Waals surface area (Å²) in [5.74, 6) is 0. The Hall–Kier alpha value is -0.600. The van der Waals surface area contributed by atoms with Crippen LogP contribution in [0.4, 0.5) is 0 Å². The second-order valence-corrected chi connectivity index (χ2v) is 3.50. The predicted octanol–water partition coefficient (Wildman–Crippen LogP) is 1.64. The topological polar surface area (TPSA) is 40.5 Å². The van der Waals surface area contributed by atoms with E-state index in [1.807, 2.05) is 19.1 Å². The van der Waals surface area contributed by atoms with Gasteiger partial charge in [0.05, 0.1) is 12.2 Å². The number of aliphatic hydroxyl groups excluding tert-OH is 1. The highest BCUT2D eigenvalue weighted by Gasteiger charge is 2.04. The highest BCUT2D eigenvalue weighted by molar-refractivity contribution is 5.04. The van der Waals surface area contributed by atoms with E-state index in [0.29, 0.717) is 0 Å². The van der Waals surface area contributed by atoms with Gasteiger partial charge in [0, 0.05) is 0 Å². The van der Waals surface area contributed by atoms with E-state index in [0.717, 1.165) is 12.0 Å². The normalized spacial score (nSPS) is 14.2. The maximum Gasteiger partial charge on any atom is 0.0771 e. The Bertz CT molecular complexity index is 173. The van der Waals surface area contributed by atoms with Gasteiger partial charge in [0.25, 0.3) is 0 Å². The Morgan fingerprint density at radius 3 is 2.42 bits per heavy atom. The molecule has 0 rings (SSSR count). The molecule has 0 aliphatic heterocycles. The molecule has 0 aliphatic rings. The van der Waals surface area contributed by atoms with Crippen molar-refractivity contribution in [2.24, 2.45) is 0 Å². The summed E-state index contributed by atoms with van der Waals surface area (Å²) in [4.78, 5) is 0. The summed E-state index contributed by atoms with van der Waals surface area (Å²) < 4.78 is 0. The van der Waals surface area contributed by atoms with Crippen LogP contribution in [0.5, 0.6) is 0 Å². The van der Waals surface area contributed by atoms with Crippen LogP contribution >= 0.6 is 0 Å². The van der Waals surface area contributed by atoms with Crippen LogP contribution in [0.3, 0.4) is 0 Å². The molecule has 70 valence electrons. The van der Waals surface area contributed by atoms with Gasteiger partial charge in [-0.25, -0.2) is 0 Å². The summed E-state index contributed by atoms with van der Waals surface area (Å²) in [5, 5.41) is 17.9. The molecule has 0 aromatic heterocycles. The summed E-state index contributed by atoms with van der Waals surface area (Å²) in [6, 6.07) is 0. The van der Waals surface area contributed by atoms with Gasteiger partial charge in [0.15, 0.2) is 0 Å². The van der Waals surface area contributed by atoms with E-state index >= 15 is 0 Å². The first-order valence-corrected chi connectivity index (χ1v) is 4.12. The Kier molecular flexibility index (Phi) is 4.86. The number of hydrogen-bond acceptors (Lipinski definition) is 2. The molecule has 2 heteroatoms. The molecule has 0 bridgehead atoms. The minimum absolute atomic E-state index is 0.107. The third kappa shape index (κ3) is 7.51. The van der Waals surface area contributed by atoms with E-state index < -0.39 is 5.60 Å². The van der Waals surface area contributed by atoms with Crippen molar-refractivity contribution >= 4 is 0 Å². The predicted molar refractivity (Wildman–Crippen MR) is 50.9 cm³/mol. The second-order valence-electron chi connectivity index (χ2n) is 3.50. The summed E-state index contributed by atoms with van der Waals surface area (Å²) in [7, 11) is 0. The molecule has 0 atom stereocenters. The van der Waals surface area contributed by atoms with Crippen LogP contribution in [-0.4, -0.2) is 22.4 Å². The van der Waals surface area contributed by atoms with Crippen LogP contribution in [0.15, 0.2) is 23.8 Å². The molecule has 0 aliphatic carbocycles. The summed E-state index contributed by atoms with van der Waals surface area (Å²) in [6.07, 6.45) is 6.33. The van der Waals surface area contributed by atoms with Crippen molar-refractivity contribution in [2.45, 2.75) is 32.8 Å². The zero-order valence-corrected chi connectivity index (χ0v) is 8.04. The lowest BCUT2D eigenvalue weighted by molar-refractivity contribution is 0.133. The first kappa shape index (κ1) is 11.4. The molecule has 0 aromatic carbocycles. The smallest absolute Gasteiger partial charge is 0.0771 e. The maximum absolute atomic E-state index is 9.28. The molecule has 0 fully saturated rings. The average molecular weight is 170 g/mol. The van der Waals surface area contributed by atoms with Gasteiger partial charge < -0.3 is 10.2 Å². The number of aliphatic hydroxyl groups is 2. The fourth-order valence-electron chi connectivity index (χ4n) is 0.690. The SMILES string of the molecule is CC(=CCC=CC(C)(C)O)CO. The van der Waals surface area contributed by atoms with Gasteiger partial charge >= 0.3 is 0 Å². The third-order valence-corrected chi connectivity index (χ3v) is 1.38. The van der Waals surface area contributed by atoms with Crippen LogP contribution in [0.2, 0.25) is 0 Å². The van der Waals surface area contributed by atoms with Gasteiger partial charge in [-0.2, -0.15) is 0 Å². The van der Waals surface area contributed by atoms with Gasteiger partial charge in [-0.15, -0.1) is 0 Å². The first-order chi connectivity index (χ1) is 5.45. The van der Waals surface area contributed by atoms with Crippen LogP contribution in [-0.2, 0) is 0 Å². The average Bonchev–Trinajstić information content (AvgIpc) is 1.96. The molecule has 0 radical (unpaired) electrons. The Morgan fingerprint density at radius 2 is 2.00 bits per heavy atom. The fraction of sp³-hybridized carbons (Fsp3) is 0.600. The van der Waals surface area contributed by atoms with Gasteiger partial charge in [0.2, 0.25) is 0 Å². The fourth-order valence-corrected chi connectivity index (χ4v) is 0.690. The van der Waals surface area contributed by atoms with Crippen molar-refractivity contribution in [2.75, 3.05) is 6.61 Å². The molecular weight excluding hydrogens is 152 g/mol. The molecule has 0 unspecified atom stereocenters. The largest absolute Gasteiger partial charge is 0.392 e. The molecule has 0 heterocycles. The van der Waals surface area contributed by atoms with Crippen molar-refractivity contribution < 1.29 is 10.2 Å².